The van der Waals surface area contributed by atoms with E-state index in [2.05, 4.69) is 74.6 Å². The van der Waals surface area contributed by atoms with Crippen molar-refractivity contribution in [2.75, 3.05) is 47.5 Å². The Balaban J connectivity index is 4.07. The third kappa shape index (κ3) is 66.4. The van der Waals surface area contributed by atoms with Gasteiger partial charge in [0.2, 0.25) is 0 Å². The van der Waals surface area contributed by atoms with Crippen molar-refractivity contribution >= 4 is 17.9 Å². The Morgan fingerprint density at radius 3 is 1.04 bits per heavy atom. The van der Waals surface area contributed by atoms with Crippen molar-refractivity contribution in [3.63, 3.8) is 0 Å². The highest BCUT2D eigenvalue weighted by Gasteiger charge is 2.22. The van der Waals surface area contributed by atoms with Crippen LogP contribution in [0.25, 0.3) is 0 Å². The molecule has 9 heteroatoms. The van der Waals surface area contributed by atoms with Gasteiger partial charge in [-0.2, -0.15) is 0 Å². The molecule has 0 aromatic carbocycles. The van der Waals surface area contributed by atoms with Gasteiger partial charge in [-0.05, 0) is 77.0 Å². The van der Waals surface area contributed by atoms with Gasteiger partial charge in [-0.3, -0.25) is 9.59 Å². The van der Waals surface area contributed by atoms with Crippen molar-refractivity contribution in [3.8, 4) is 0 Å². The molecule has 0 aliphatic heterocycles. The molecule has 0 aromatic rings. The summed E-state index contributed by atoms with van der Waals surface area (Å²) in [4.78, 5) is 37.5. The highest BCUT2D eigenvalue weighted by Crippen LogP contribution is 2.18. The summed E-state index contributed by atoms with van der Waals surface area (Å²) >= 11 is 0. The molecule has 0 saturated carbocycles. The van der Waals surface area contributed by atoms with Crippen LogP contribution in [-0.4, -0.2) is 82.3 Å². The lowest BCUT2D eigenvalue weighted by atomic mass is 10.0. The number of aliphatic carboxylic acids is 1. The molecule has 0 aliphatic rings. The number of carboxylic acid groups (broad SMARTS) is 1. The molecule has 2 atom stereocenters. The number of esters is 2. The van der Waals surface area contributed by atoms with Crippen LogP contribution in [-0.2, 0) is 33.3 Å². The first-order valence-corrected chi connectivity index (χ1v) is 35.4. The van der Waals surface area contributed by atoms with Crippen LogP contribution < -0.4 is 5.11 Å². The number of unbranched alkanes of at least 4 members (excludes halogenated alkanes) is 41. The van der Waals surface area contributed by atoms with Gasteiger partial charge in [0.1, 0.15) is 13.2 Å². The largest absolute Gasteiger partial charge is 0.545 e. The van der Waals surface area contributed by atoms with Gasteiger partial charge in [0, 0.05) is 12.8 Å². The number of likely N-dealkylation sites (N-methyl/N-ethyl adjacent to an activating group) is 1. The Morgan fingerprint density at radius 2 is 0.687 bits per heavy atom. The molecule has 2 unspecified atom stereocenters. The molecular formula is C74H135NO8. The van der Waals surface area contributed by atoms with Gasteiger partial charge in [-0.15, -0.1) is 0 Å². The van der Waals surface area contributed by atoms with Crippen LogP contribution in [0.15, 0.2) is 60.8 Å². The lowest BCUT2D eigenvalue weighted by molar-refractivity contribution is -0.870. The molecule has 0 aromatic heterocycles. The van der Waals surface area contributed by atoms with Crippen LogP contribution in [0.2, 0.25) is 0 Å². The summed E-state index contributed by atoms with van der Waals surface area (Å²) in [6.45, 7) is 4.69. The summed E-state index contributed by atoms with van der Waals surface area (Å²) in [5.74, 6) is -2.26. The van der Waals surface area contributed by atoms with Gasteiger partial charge in [0.05, 0.1) is 40.3 Å². The Kier molecular flexibility index (Phi) is 62.6. The monoisotopic (exact) mass is 1170 g/mol. The highest BCUT2D eigenvalue weighted by molar-refractivity contribution is 5.70. The standard InChI is InChI=1S/C74H135NO8/c1-6-8-10-12-14-16-18-20-22-24-26-28-30-32-34-36-38-40-42-44-46-48-50-52-54-56-58-60-62-64-71(76)81-68-70(69-82-74(73(78)79)80-67-66-75(3,4)5)83-72(77)65-63-61-59-57-55-53-51-49-47-45-43-41-39-37-35-33-31-29-27-25-23-21-19-17-15-13-11-9-7-2/h9,11,15,17,21,23-24,26-27,29,70,74H,6-8,10,12-14,16,18-20,22,25,28,30-69H2,1-5H3/b11-9-,17-15-,23-21-,26-24-,29-27-. The molecule has 0 radical (unpaired) electrons. The normalized spacial score (nSPS) is 13.0. The molecule has 484 valence electrons. The van der Waals surface area contributed by atoms with Crippen molar-refractivity contribution in [2.24, 2.45) is 0 Å². The van der Waals surface area contributed by atoms with E-state index in [1.165, 1.54) is 244 Å². The van der Waals surface area contributed by atoms with Crippen molar-refractivity contribution < 1.29 is 42.9 Å². The molecular weight excluding hydrogens is 1030 g/mol. The predicted octanol–water partition coefficient (Wildman–Crippen LogP) is 20.6. The number of rotatable bonds is 66. The van der Waals surface area contributed by atoms with Crippen LogP contribution in [0.5, 0.6) is 0 Å². The first-order valence-electron chi connectivity index (χ1n) is 35.4. The fourth-order valence-corrected chi connectivity index (χ4v) is 10.4. The number of carbonyl (C=O) groups excluding carboxylic acids is 3. The van der Waals surface area contributed by atoms with Gasteiger partial charge in [-0.1, -0.05) is 306 Å². The summed E-state index contributed by atoms with van der Waals surface area (Å²) in [6.07, 6.45) is 81.6. The van der Waals surface area contributed by atoms with Gasteiger partial charge in [-0.25, -0.2) is 0 Å². The topological polar surface area (TPSA) is 111 Å². The quantitative estimate of drug-likeness (QED) is 0.0195. The number of ether oxygens (including phenoxy) is 4. The van der Waals surface area contributed by atoms with Crippen molar-refractivity contribution in [2.45, 2.75) is 347 Å². The Labute approximate surface area is 514 Å². The van der Waals surface area contributed by atoms with Crippen LogP contribution in [0, 0.1) is 0 Å². The van der Waals surface area contributed by atoms with Gasteiger partial charge in [0.15, 0.2) is 12.4 Å². The van der Waals surface area contributed by atoms with Crippen LogP contribution in [0.1, 0.15) is 335 Å². The Hall–Kier alpha value is -3.01. The van der Waals surface area contributed by atoms with E-state index in [4.69, 9.17) is 18.9 Å². The molecule has 0 amide bonds. The van der Waals surface area contributed by atoms with E-state index in [0.29, 0.717) is 23.9 Å². The SMILES string of the molecule is CC/C=C\C/C=C\C/C=C\C/C=C\CCCCCCCCCCCCCCCCCCC(=O)OC(COC(=O)CCCCCCCCCCCCCCCCCCC/C=C\CCCCCCCCCC)COC(OCC[N+](C)(C)C)C(=O)[O-]. The molecule has 0 N–H and O–H groups in total. The average Bonchev–Trinajstić information content (AvgIpc) is 3.46. The average molecular weight is 1170 g/mol. The molecule has 83 heavy (non-hydrogen) atoms. The zero-order valence-corrected chi connectivity index (χ0v) is 55.3. The second-order valence-electron chi connectivity index (χ2n) is 25.1. The van der Waals surface area contributed by atoms with Gasteiger partial charge >= 0.3 is 11.9 Å². The van der Waals surface area contributed by atoms with Crippen LogP contribution >= 0.6 is 0 Å². The molecule has 0 heterocycles. The second kappa shape index (κ2) is 65.0. The van der Waals surface area contributed by atoms with E-state index in [1.807, 2.05) is 21.1 Å². The van der Waals surface area contributed by atoms with E-state index in [9.17, 15) is 19.5 Å². The number of carboxylic acids is 1. The maximum Gasteiger partial charge on any atom is 0.306 e. The van der Waals surface area contributed by atoms with Crippen LogP contribution in [0.4, 0.5) is 0 Å². The molecule has 9 nitrogen and oxygen atoms in total. The number of allylic oxidation sites excluding steroid dienone is 10. The predicted molar refractivity (Wildman–Crippen MR) is 352 cm³/mol. The molecule has 0 saturated heterocycles. The third-order valence-corrected chi connectivity index (χ3v) is 15.7. The van der Waals surface area contributed by atoms with E-state index < -0.39 is 24.3 Å². The number of quaternary nitrogens is 1. The first kappa shape index (κ1) is 80.0. The third-order valence-electron chi connectivity index (χ3n) is 15.7. The second-order valence-corrected chi connectivity index (χ2v) is 25.1. The van der Waals surface area contributed by atoms with E-state index in [0.717, 1.165) is 57.8 Å². The zero-order valence-electron chi connectivity index (χ0n) is 55.3. The minimum Gasteiger partial charge on any atom is -0.545 e. The fraction of sp³-hybridized carbons (Fsp3) is 0.824. The van der Waals surface area contributed by atoms with Gasteiger partial charge in [0.25, 0.3) is 0 Å². The van der Waals surface area contributed by atoms with Gasteiger partial charge < -0.3 is 33.3 Å². The van der Waals surface area contributed by atoms with E-state index in [1.54, 1.807) is 0 Å². The van der Waals surface area contributed by atoms with E-state index >= 15 is 0 Å². The summed E-state index contributed by atoms with van der Waals surface area (Å²) in [6, 6.07) is 0. The minimum absolute atomic E-state index is 0.149. The molecule has 0 bridgehead atoms. The lowest BCUT2D eigenvalue weighted by Gasteiger charge is -2.26. The molecule has 0 aliphatic carbocycles. The zero-order chi connectivity index (χ0) is 60.5. The van der Waals surface area contributed by atoms with Crippen LogP contribution in [0.3, 0.4) is 0 Å². The summed E-state index contributed by atoms with van der Waals surface area (Å²) in [5, 5.41) is 11.8. The number of carbonyl (C=O) groups is 3. The maximum absolute atomic E-state index is 12.9. The first-order chi connectivity index (χ1) is 40.6. The molecule has 0 rings (SSSR count). The fourth-order valence-electron chi connectivity index (χ4n) is 10.4. The number of hydrogen-bond donors (Lipinski definition) is 0. The molecule has 0 fully saturated rings. The Bertz CT molecular complexity index is 1550. The Morgan fingerprint density at radius 1 is 0.373 bits per heavy atom. The van der Waals surface area contributed by atoms with Crippen molar-refractivity contribution in [3.05, 3.63) is 60.8 Å². The highest BCUT2D eigenvalue weighted by atomic mass is 16.7. The smallest absolute Gasteiger partial charge is 0.306 e. The van der Waals surface area contributed by atoms with E-state index in [-0.39, 0.29) is 32.2 Å². The number of nitrogens with zero attached hydrogens (tertiary/aromatic N) is 1. The minimum atomic E-state index is -1.62. The lowest BCUT2D eigenvalue weighted by Crippen LogP contribution is -2.44. The summed E-state index contributed by atoms with van der Waals surface area (Å²) in [5.41, 5.74) is 0. The maximum atomic E-state index is 12.9. The summed E-state index contributed by atoms with van der Waals surface area (Å²) < 4.78 is 22.8. The molecule has 0 spiro atoms. The summed E-state index contributed by atoms with van der Waals surface area (Å²) in [7, 11) is 5.94. The number of hydrogen-bond acceptors (Lipinski definition) is 8. The van der Waals surface area contributed by atoms with Crippen molar-refractivity contribution in [1.29, 1.82) is 0 Å². The van der Waals surface area contributed by atoms with Crippen molar-refractivity contribution in [1.82, 2.24) is 0 Å².